The average Bonchev–Trinajstić information content (AvgIpc) is 2.98. The minimum atomic E-state index is -4.31. The van der Waals surface area contributed by atoms with E-state index in [1.165, 1.54) is 18.2 Å². The van der Waals surface area contributed by atoms with Gasteiger partial charge in [0.2, 0.25) is 0 Å². The summed E-state index contributed by atoms with van der Waals surface area (Å²) in [4.78, 5) is 0. The zero-order valence-corrected chi connectivity index (χ0v) is 7.93. The third-order valence-corrected chi connectivity index (χ3v) is 2.36. The number of benzene rings is 1. The lowest BCUT2D eigenvalue weighted by molar-refractivity contribution is -0.137. The molecule has 1 aliphatic carbocycles. The van der Waals surface area contributed by atoms with Gasteiger partial charge < -0.3 is 0 Å². The highest BCUT2D eigenvalue weighted by Gasteiger charge is 2.33. The number of alkyl halides is 3. The van der Waals surface area contributed by atoms with Crippen LogP contribution in [-0.2, 0) is 6.18 Å². The number of hydrogen-bond donors (Lipinski definition) is 0. The van der Waals surface area contributed by atoms with Crippen LogP contribution < -0.4 is 0 Å². The molecule has 0 spiro atoms. The first-order valence-electron chi connectivity index (χ1n) is 4.55. The largest absolute Gasteiger partial charge is 0.417 e. The van der Waals surface area contributed by atoms with Crippen LogP contribution in [0.15, 0.2) is 30.9 Å². The van der Waals surface area contributed by atoms with E-state index in [2.05, 4.69) is 6.58 Å². The van der Waals surface area contributed by atoms with E-state index in [0.717, 1.165) is 12.0 Å². The molecule has 0 heterocycles. The predicted molar refractivity (Wildman–Crippen MR) is 54.1 cm³/mol. The van der Waals surface area contributed by atoms with Gasteiger partial charge >= 0.3 is 6.18 Å². The van der Waals surface area contributed by atoms with Crippen LogP contribution in [0.25, 0.3) is 11.6 Å². The fourth-order valence-electron chi connectivity index (χ4n) is 1.47. The molecule has 1 aliphatic rings. The molecule has 15 heavy (non-hydrogen) atoms. The first kappa shape index (κ1) is 10.0. The quantitative estimate of drug-likeness (QED) is 0.688. The van der Waals surface area contributed by atoms with Crippen LogP contribution in [0, 0.1) is 0 Å². The third kappa shape index (κ3) is 1.96. The fraction of sp³-hybridized carbons (Fsp3) is 0.167. The van der Waals surface area contributed by atoms with Crippen LogP contribution in [0.2, 0.25) is 0 Å². The summed E-state index contributed by atoms with van der Waals surface area (Å²) in [7, 11) is 0. The first-order chi connectivity index (χ1) is 7.02. The highest BCUT2D eigenvalue weighted by atomic mass is 19.4. The Morgan fingerprint density at radius 1 is 1.27 bits per heavy atom. The van der Waals surface area contributed by atoms with Gasteiger partial charge in [-0.1, -0.05) is 30.9 Å². The molecule has 0 aliphatic heterocycles. The summed E-state index contributed by atoms with van der Waals surface area (Å²) in [5.74, 6) is 0. The monoisotopic (exact) mass is 210 g/mol. The molecule has 0 fully saturated rings. The smallest absolute Gasteiger partial charge is 0.166 e. The SMILES string of the molecule is C=Cc1ccc(C2=CC2)cc1C(F)(F)F. The van der Waals surface area contributed by atoms with Crippen molar-refractivity contribution in [1.82, 2.24) is 0 Å². The van der Waals surface area contributed by atoms with Crippen LogP contribution in [0.3, 0.4) is 0 Å². The van der Waals surface area contributed by atoms with Crippen molar-refractivity contribution in [3.8, 4) is 0 Å². The van der Waals surface area contributed by atoms with Crippen LogP contribution in [0.1, 0.15) is 23.1 Å². The Balaban J connectivity index is 2.52. The maximum atomic E-state index is 12.6. The molecule has 0 nitrogen and oxygen atoms in total. The molecule has 0 radical (unpaired) electrons. The van der Waals surface area contributed by atoms with E-state index < -0.39 is 11.7 Å². The molecule has 3 heteroatoms. The van der Waals surface area contributed by atoms with Crippen LogP contribution >= 0.6 is 0 Å². The fourth-order valence-corrected chi connectivity index (χ4v) is 1.47. The molecular weight excluding hydrogens is 201 g/mol. The number of halogens is 3. The van der Waals surface area contributed by atoms with Crippen molar-refractivity contribution in [2.45, 2.75) is 12.6 Å². The van der Waals surface area contributed by atoms with Gasteiger partial charge in [-0.05, 0) is 29.2 Å². The summed E-state index contributed by atoms with van der Waals surface area (Å²) in [6, 6.07) is 4.35. The molecular formula is C12H9F3. The van der Waals surface area contributed by atoms with Crippen molar-refractivity contribution in [2.75, 3.05) is 0 Å². The van der Waals surface area contributed by atoms with E-state index in [1.807, 2.05) is 6.08 Å². The topological polar surface area (TPSA) is 0 Å². The summed E-state index contributed by atoms with van der Waals surface area (Å²) < 4.78 is 37.9. The van der Waals surface area contributed by atoms with Gasteiger partial charge in [0.1, 0.15) is 0 Å². The molecule has 78 valence electrons. The normalized spacial score (nSPS) is 14.7. The van der Waals surface area contributed by atoms with Crippen molar-refractivity contribution in [3.63, 3.8) is 0 Å². The molecule has 0 bridgehead atoms. The zero-order valence-electron chi connectivity index (χ0n) is 7.93. The van der Waals surface area contributed by atoms with Crippen molar-refractivity contribution >= 4 is 11.6 Å². The van der Waals surface area contributed by atoms with Gasteiger partial charge in [0.05, 0.1) is 5.56 Å². The van der Waals surface area contributed by atoms with Crippen molar-refractivity contribution in [3.05, 3.63) is 47.5 Å². The Kier molecular flexibility index (Phi) is 2.18. The van der Waals surface area contributed by atoms with Crippen molar-refractivity contribution < 1.29 is 13.2 Å². The number of hydrogen-bond acceptors (Lipinski definition) is 0. The summed E-state index contributed by atoms with van der Waals surface area (Å²) in [6.45, 7) is 3.38. The molecule has 0 saturated heterocycles. The first-order valence-corrected chi connectivity index (χ1v) is 4.55. The Morgan fingerprint density at radius 3 is 2.40 bits per heavy atom. The van der Waals surface area contributed by atoms with Crippen LogP contribution in [0.4, 0.5) is 13.2 Å². The Hall–Kier alpha value is -1.51. The second-order valence-corrected chi connectivity index (χ2v) is 3.44. The Labute approximate surface area is 85.7 Å². The molecule has 0 atom stereocenters. The summed E-state index contributed by atoms with van der Waals surface area (Å²) in [6.07, 6.45) is -0.378. The second kappa shape index (κ2) is 3.26. The highest BCUT2D eigenvalue weighted by Crippen LogP contribution is 2.37. The summed E-state index contributed by atoms with van der Waals surface area (Å²) >= 11 is 0. The Bertz CT molecular complexity index is 439. The van der Waals surface area contributed by atoms with Crippen LogP contribution in [0.5, 0.6) is 0 Å². The van der Waals surface area contributed by atoms with Crippen molar-refractivity contribution in [1.29, 1.82) is 0 Å². The van der Waals surface area contributed by atoms with Gasteiger partial charge in [0.15, 0.2) is 0 Å². The molecule has 0 saturated carbocycles. The molecule has 2 rings (SSSR count). The van der Waals surface area contributed by atoms with Crippen LogP contribution in [-0.4, -0.2) is 0 Å². The van der Waals surface area contributed by atoms with Gasteiger partial charge in [-0.25, -0.2) is 0 Å². The lowest BCUT2D eigenvalue weighted by Crippen LogP contribution is -2.07. The molecule has 0 aromatic heterocycles. The molecule has 0 N–H and O–H groups in total. The lowest BCUT2D eigenvalue weighted by atomic mass is 10.0. The number of rotatable bonds is 2. The van der Waals surface area contributed by atoms with E-state index in [0.29, 0.717) is 5.56 Å². The van der Waals surface area contributed by atoms with Gasteiger partial charge in [-0.3, -0.25) is 0 Å². The highest BCUT2D eigenvalue weighted by molar-refractivity contribution is 5.78. The van der Waals surface area contributed by atoms with Crippen molar-refractivity contribution in [2.24, 2.45) is 0 Å². The van der Waals surface area contributed by atoms with E-state index in [1.54, 1.807) is 6.07 Å². The van der Waals surface area contributed by atoms with E-state index in [9.17, 15) is 13.2 Å². The molecule has 1 aromatic carbocycles. The average molecular weight is 210 g/mol. The molecule has 0 unspecified atom stereocenters. The summed E-state index contributed by atoms with van der Waals surface area (Å²) in [5.41, 5.74) is 1.17. The summed E-state index contributed by atoms with van der Waals surface area (Å²) in [5, 5.41) is 0. The molecule has 0 amide bonds. The van der Waals surface area contributed by atoms with E-state index in [4.69, 9.17) is 0 Å². The standard InChI is InChI=1S/C12H9F3/c1-2-8-3-6-10(9-4-5-9)7-11(8)12(13,14)15/h2-4,6-7H,1,5H2. The van der Waals surface area contributed by atoms with Gasteiger partial charge in [-0.15, -0.1) is 0 Å². The minimum absolute atomic E-state index is 0.132. The Morgan fingerprint density at radius 2 is 1.93 bits per heavy atom. The van der Waals surface area contributed by atoms with Gasteiger partial charge in [-0.2, -0.15) is 13.2 Å². The van der Waals surface area contributed by atoms with Gasteiger partial charge in [0.25, 0.3) is 0 Å². The second-order valence-electron chi connectivity index (χ2n) is 3.44. The lowest BCUT2D eigenvalue weighted by Gasteiger charge is -2.11. The number of allylic oxidation sites excluding steroid dienone is 2. The van der Waals surface area contributed by atoms with E-state index >= 15 is 0 Å². The maximum absolute atomic E-state index is 12.6. The maximum Gasteiger partial charge on any atom is 0.417 e. The van der Waals surface area contributed by atoms with Gasteiger partial charge in [0, 0.05) is 0 Å². The minimum Gasteiger partial charge on any atom is -0.166 e. The third-order valence-electron chi connectivity index (χ3n) is 2.36. The molecule has 1 aromatic rings. The van der Waals surface area contributed by atoms with E-state index in [-0.39, 0.29) is 5.56 Å². The zero-order chi connectivity index (χ0) is 11.1. The predicted octanol–water partition coefficient (Wildman–Crippen LogP) is 4.14.